The minimum atomic E-state index is -4.91. The third kappa shape index (κ3) is 7.59. The second-order valence-corrected chi connectivity index (χ2v) is 12.5. The molecule has 6 rings (SSSR count). The molecule has 2 aliphatic heterocycles. The molecule has 3 aromatic carbocycles. The van der Waals surface area contributed by atoms with Gasteiger partial charge < -0.3 is 15.2 Å². The highest BCUT2D eigenvalue weighted by molar-refractivity contribution is 6.05. The van der Waals surface area contributed by atoms with Gasteiger partial charge >= 0.3 is 12.4 Å². The van der Waals surface area contributed by atoms with Crippen molar-refractivity contribution in [3.05, 3.63) is 107 Å². The number of piperidine rings is 1. The van der Waals surface area contributed by atoms with Crippen LogP contribution in [0.4, 0.5) is 26.3 Å². The number of fused-ring (bicyclic) bond motifs is 1. The minimum absolute atomic E-state index is 0. The zero-order valence-electron chi connectivity index (χ0n) is 26.7. The van der Waals surface area contributed by atoms with Crippen LogP contribution in [0.25, 0.3) is 10.9 Å². The first-order valence-corrected chi connectivity index (χ1v) is 16.1. The van der Waals surface area contributed by atoms with E-state index in [0.29, 0.717) is 13.1 Å². The van der Waals surface area contributed by atoms with E-state index in [9.17, 15) is 40.7 Å². The number of amides is 1. The van der Waals surface area contributed by atoms with Crippen LogP contribution < -0.4 is 5.32 Å². The molecule has 2 fully saturated rings. The number of nitrogens with zero attached hydrogens (tertiary/aromatic N) is 2. The fourth-order valence-corrected chi connectivity index (χ4v) is 7.05. The van der Waals surface area contributed by atoms with Crippen molar-refractivity contribution in [1.29, 1.82) is 0 Å². The molecular weight excluding hydrogens is 686 g/mol. The summed E-state index contributed by atoms with van der Waals surface area (Å²) in [5.41, 5.74) is -2.19. The van der Waals surface area contributed by atoms with E-state index in [4.69, 9.17) is 0 Å². The predicted molar refractivity (Wildman–Crippen MR) is 177 cm³/mol. The van der Waals surface area contributed by atoms with Crippen molar-refractivity contribution in [2.75, 3.05) is 26.2 Å². The van der Waals surface area contributed by atoms with Crippen molar-refractivity contribution in [2.24, 2.45) is 0 Å². The van der Waals surface area contributed by atoms with Crippen LogP contribution in [-0.4, -0.2) is 76.6 Å². The standard InChI is InChI=1S/C36H34F6N4O3.ClH/c37-35(38,39)26-13-5-2-11-24(26)33(48)30-20-44-29(18-22-19-43-28-15-7-4-10-23(22)28)32(46(30)21-31(47)45-16-8-1-9-17-45)34(49)25-12-3-6-14-27(25)36(40,41)42;/h2-7,10-15,19,29-30,32,43-44H,1,8-9,16-18,20-21H2;1H. The van der Waals surface area contributed by atoms with Gasteiger partial charge in [-0.05, 0) is 49.4 Å². The summed E-state index contributed by atoms with van der Waals surface area (Å²) in [4.78, 5) is 48.5. The number of nitrogens with one attached hydrogen (secondary N) is 2. The van der Waals surface area contributed by atoms with Crippen LogP contribution >= 0.6 is 12.4 Å². The number of H-pyrrole nitrogens is 1. The smallest absolute Gasteiger partial charge is 0.361 e. The third-order valence-electron chi connectivity index (χ3n) is 9.42. The molecule has 266 valence electrons. The van der Waals surface area contributed by atoms with E-state index < -0.39 is 76.8 Å². The zero-order valence-corrected chi connectivity index (χ0v) is 27.5. The maximum atomic E-state index is 14.6. The van der Waals surface area contributed by atoms with Gasteiger partial charge in [0.2, 0.25) is 5.91 Å². The molecule has 0 radical (unpaired) electrons. The van der Waals surface area contributed by atoms with E-state index in [1.54, 1.807) is 11.1 Å². The second-order valence-electron chi connectivity index (χ2n) is 12.5. The number of piperazine rings is 1. The third-order valence-corrected chi connectivity index (χ3v) is 9.42. The SMILES string of the molecule is Cl.O=C(c1ccccc1C(F)(F)F)C1CNC(Cc2c[nH]c3ccccc23)C(C(=O)c2ccccc2C(F)(F)F)N1CC(=O)N1CCCCC1. The number of rotatable bonds is 8. The Kier molecular flexibility index (Phi) is 11.1. The van der Waals surface area contributed by atoms with E-state index >= 15 is 0 Å². The Hall–Kier alpha value is -4.20. The molecule has 0 bridgehead atoms. The maximum Gasteiger partial charge on any atom is 0.417 e. The number of aromatic amines is 1. The summed E-state index contributed by atoms with van der Waals surface area (Å²) in [5, 5.41) is 3.94. The number of halogens is 7. The van der Waals surface area contributed by atoms with E-state index in [1.165, 1.54) is 17.0 Å². The van der Waals surface area contributed by atoms with Gasteiger partial charge in [0.15, 0.2) is 11.6 Å². The Morgan fingerprint density at radius 2 is 1.30 bits per heavy atom. The van der Waals surface area contributed by atoms with Gasteiger partial charge in [-0.1, -0.05) is 54.6 Å². The Morgan fingerprint density at radius 1 is 0.740 bits per heavy atom. The van der Waals surface area contributed by atoms with Gasteiger partial charge in [-0.25, -0.2) is 0 Å². The molecule has 50 heavy (non-hydrogen) atoms. The molecule has 3 heterocycles. The molecule has 3 atom stereocenters. The van der Waals surface area contributed by atoms with E-state index in [1.807, 2.05) is 24.3 Å². The van der Waals surface area contributed by atoms with Gasteiger partial charge in [0.05, 0.1) is 29.8 Å². The van der Waals surface area contributed by atoms with Gasteiger partial charge in [-0.3, -0.25) is 19.3 Å². The summed E-state index contributed by atoms with van der Waals surface area (Å²) in [6, 6.07) is 11.9. The monoisotopic (exact) mass is 720 g/mol. The van der Waals surface area contributed by atoms with Crippen LogP contribution in [-0.2, 0) is 23.6 Å². The molecule has 0 aliphatic carbocycles. The highest BCUT2D eigenvalue weighted by atomic mass is 35.5. The van der Waals surface area contributed by atoms with Crippen LogP contribution in [0.5, 0.6) is 0 Å². The van der Waals surface area contributed by atoms with Crippen molar-refractivity contribution >= 4 is 40.8 Å². The minimum Gasteiger partial charge on any atom is -0.361 e. The van der Waals surface area contributed by atoms with Crippen LogP contribution in [0.1, 0.15) is 56.7 Å². The quantitative estimate of drug-likeness (QED) is 0.152. The van der Waals surface area contributed by atoms with Gasteiger partial charge in [0, 0.05) is 53.9 Å². The van der Waals surface area contributed by atoms with Crippen LogP contribution in [0.2, 0.25) is 0 Å². The number of hydrogen-bond donors (Lipinski definition) is 2. The van der Waals surface area contributed by atoms with Crippen LogP contribution in [0, 0.1) is 0 Å². The fraction of sp³-hybridized carbons (Fsp3) is 0.361. The highest BCUT2D eigenvalue weighted by Gasteiger charge is 2.48. The molecule has 14 heteroatoms. The Morgan fingerprint density at radius 3 is 1.92 bits per heavy atom. The lowest BCUT2D eigenvalue weighted by Crippen LogP contribution is -2.69. The first kappa shape index (κ1) is 37.1. The number of carbonyl (C=O) groups is 3. The summed E-state index contributed by atoms with van der Waals surface area (Å²) in [6.45, 7) is 0.0146. The second kappa shape index (κ2) is 15.0. The molecule has 0 saturated carbocycles. The summed E-state index contributed by atoms with van der Waals surface area (Å²) < 4.78 is 85.1. The number of aromatic nitrogens is 1. The topological polar surface area (TPSA) is 85.5 Å². The number of carbonyl (C=O) groups excluding carboxylic acids is 3. The van der Waals surface area contributed by atoms with E-state index in [0.717, 1.165) is 72.1 Å². The molecule has 7 nitrogen and oxygen atoms in total. The van der Waals surface area contributed by atoms with Crippen molar-refractivity contribution in [1.82, 2.24) is 20.1 Å². The van der Waals surface area contributed by atoms with Gasteiger partial charge in [-0.15, -0.1) is 12.4 Å². The zero-order chi connectivity index (χ0) is 34.9. The predicted octanol–water partition coefficient (Wildman–Crippen LogP) is 6.96. The number of Topliss-reactive ketones (excluding diaryl/α,β-unsaturated/α-hetero) is 2. The summed E-state index contributed by atoms with van der Waals surface area (Å²) in [5.74, 6) is -2.46. The lowest BCUT2D eigenvalue weighted by Gasteiger charge is -2.46. The molecular formula is C36H35ClF6N4O3. The van der Waals surface area contributed by atoms with Gasteiger partial charge in [0.25, 0.3) is 0 Å². The molecule has 1 aromatic heterocycles. The normalized spacial score (nSPS) is 20.4. The van der Waals surface area contributed by atoms with E-state index in [2.05, 4.69) is 10.3 Å². The first-order chi connectivity index (χ1) is 23.3. The van der Waals surface area contributed by atoms with Gasteiger partial charge in [0.1, 0.15) is 0 Å². The number of hydrogen-bond acceptors (Lipinski definition) is 5. The maximum absolute atomic E-state index is 14.6. The lowest BCUT2D eigenvalue weighted by atomic mass is 9.85. The van der Waals surface area contributed by atoms with Crippen LogP contribution in [0.15, 0.2) is 79.0 Å². The first-order valence-electron chi connectivity index (χ1n) is 16.1. The number of para-hydroxylation sites is 1. The molecule has 1 amide bonds. The molecule has 2 aliphatic rings. The number of benzene rings is 3. The molecule has 2 N–H and O–H groups in total. The largest absolute Gasteiger partial charge is 0.417 e. The van der Waals surface area contributed by atoms with Crippen molar-refractivity contribution < 1.29 is 40.7 Å². The van der Waals surface area contributed by atoms with Crippen molar-refractivity contribution in [3.8, 4) is 0 Å². The summed E-state index contributed by atoms with van der Waals surface area (Å²) >= 11 is 0. The Labute approximate surface area is 290 Å². The number of likely N-dealkylation sites (tertiary alicyclic amines) is 1. The number of alkyl halides is 6. The molecule has 4 aromatic rings. The van der Waals surface area contributed by atoms with E-state index in [-0.39, 0.29) is 25.4 Å². The van der Waals surface area contributed by atoms with Crippen molar-refractivity contribution in [3.63, 3.8) is 0 Å². The molecule has 2 saturated heterocycles. The summed E-state index contributed by atoms with van der Waals surface area (Å²) in [6.07, 6.45) is -5.63. The van der Waals surface area contributed by atoms with Crippen LogP contribution in [0.3, 0.4) is 0 Å². The number of ketones is 2. The lowest BCUT2D eigenvalue weighted by molar-refractivity contribution is -0.138. The Bertz CT molecular complexity index is 1850. The summed E-state index contributed by atoms with van der Waals surface area (Å²) in [7, 11) is 0. The average Bonchev–Trinajstić information content (AvgIpc) is 3.50. The average molecular weight is 721 g/mol. The molecule has 0 spiro atoms. The fourth-order valence-electron chi connectivity index (χ4n) is 7.05. The van der Waals surface area contributed by atoms with Crippen molar-refractivity contribution in [2.45, 2.75) is 56.2 Å². The molecule has 3 unspecified atom stereocenters. The highest BCUT2D eigenvalue weighted by Crippen LogP contribution is 2.36. The Balaban J connectivity index is 0.00000486. The van der Waals surface area contributed by atoms with Gasteiger partial charge in [-0.2, -0.15) is 26.3 Å².